The summed E-state index contributed by atoms with van der Waals surface area (Å²) in [6, 6.07) is 0. The highest BCUT2D eigenvalue weighted by Gasteiger charge is 2.17. The van der Waals surface area contributed by atoms with Crippen LogP contribution in [0.4, 0.5) is 0 Å². The normalized spacial score (nSPS) is 18.9. The molecular weight excluding hydrogens is 224 g/mol. The first-order chi connectivity index (χ1) is 6.34. The highest BCUT2D eigenvalue weighted by Crippen LogP contribution is 1.97. The van der Waals surface area contributed by atoms with Crippen molar-refractivity contribution in [2.24, 2.45) is 0 Å². The number of hydrogen-bond donors (Lipinski definition) is 1. The van der Waals surface area contributed by atoms with Crippen LogP contribution in [0.1, 0.15) is 0 Å². The highest BCUT2D eigenvalue weighted by atomic mass is 32.2. The van der Waals surface area contributed by atoms with Crippen molar-refractivity contribution in [2.75, 3.05) is 44.9 Å². The van der Waals surface area contributed by atoms with Gasteiger partial charge in [0.05, 0.1) is 6.26 Å². The van der Waals surface area contributed by atoms with E-state index in [1.54, 1.807) is 12.5 Å². The lowest BCUT2D eigenvalue weighted by atomic mass is 10.4. The van der Waals surface area contributed by atoms with E-state index in [0.29, 0.717) is 13.1 Å². The Morgan fingerprint density at radius 3 is 1.79 bits per heavy atom. The van der Waals surface area contributed by atoms with Crippen LogP contribution < -0.4 is 5.32 Å². The molecule has 86 valence electrons. The number of nitrogens with zero attached hydrogens (tertiary/aromatic N) is 1. The monoisotopic (exact) mass is 242 g/mol. The summed E-state index contributed by atoms with van der Waals surface area (Å²) in [5.41, 5.74) is 0. The Labute approximate surface area is 88.4 Å². The molecule has 0 amide bonds. The van der Waals surface area contributed by atoms with Crippen LogP contribution in [-0.4, -0.2) is 61.9 Å². The quantitative estimate of drug-likeness (QED) is 0.630. The van der Waals surface area contributed by atoms with E-state index in [1.165, 1.54) is 10.6 Å². The maximum absolute atomic E-state index is 10.9. The minimum Gasteiger partial charge on any atom is -0.314 e. The summed E-state index contributed by atoms with van der Waals surface area (Å²) < 4.78 is 32.8. The predicted octanol–water partition coefficient (Wildman–Crippen LogP) is -1.15. The lowest BCUT2D eigenvalue weighted by molar-refractivity contribution is 0.363. The molecule has 0 saturated carbocycles. The number of sulfonamides is 1. The molecule has 1 fully saturated rings. The van der Waals surface area contributed by atoms with Gasteiger partial charge in [0.2, 0.25) is 10.0 Å². The minimum absolute atomic E-state index is 0.610. The lowest BCUT2D eigenvalue weighted by Gasteiger charge is -2.24. The van der Waals surface area contributed by atoms with Crippen molar-refractivity contribution in [1.82, 2.24) is 9.62 Å². The molecule has 0 bridgehead atoms. The number of piperazine rings is 1. The Balaban J connectivity index is 0.000000364. The summed E-state index contributed by atoms with van der Waals surface area (Å²) in [6.45, 7) is 2.76. The van der Waals surface area contributed by atoms with Crippen LogP contribution in [0.15, 0.2) is 0 Å². The molecule has 1 heterocycles. The molecule has 0 atom stereocenters. The van der Waals surface area contributed by atoms with Crippen molar-refractivity contribution < 1.29 is 12.6 Å². The molecule has 0 spiro atoms. The fourth-order valence-electron chi connectivity index (χ4n) is 0.976. The van der Waals surface area contributed by atoms with Crippen molar-refractivity contribution in [1.29, 1.82) is 0 Å². The second-order valence-electron chi connectivity index (χ2n) is 3.15. The van der Waals surface area contributed by atoms with Gasteiger partial charge < -0.3 is 5.32 Å². The smallest absolute Gasteiger partial charge is 0.211 e. The zero-order valence-corrected chi connectivity index (χ0v) is 10.4. The third-order valence-corrected chi connectivity index (χ3v) is 2.85. The molecule has 1 aliphatic heterocycles. The summed E-state index contributed by atoms with van der Waals surface area (Å²) in [7, 11) is -3.54. The number of hydrogen-bond acceptors (Lipinski definition) is 4. The van der Waals surface area contributed by atoms with Crippen LogP contribution in [0, 0.1) is 0 Å². The van der Waals surface area contributed by atoms with Gasteiger partial charge in [-0.2, -0.15) is 4.31 Å². The van der Waals surface area contributed by atoms with Gasteiger partial charge in [-0.25, -0.2) is 8.42 Å². The van der Waals surface area contributed by atoms with Gasteiger partial charge in [-0.3, -0.25) is 4.21 Å². The zero-order chi connectivity index (χ0) is 11.2. The minimum atomic E-state index is -2.93. The van der Waals surface area contributed by atoms with Crippen molar-refractivity contribution in [2.45, 2.75) is 0 Å². The molecule has 0 aromatic carbocycles. The van der Waals surface area contributed by atoms with Crippen molar-refractivity contribution >= 4 is 20.8 Å². The molecule has 0 aromatic rings. The third-order valence-electron chi connectivity index (χ3n) is 1.54. The average molecular weight is 242 g/mol. The van der Waals surface area contributed by atoms with Gasteiger partial charge in [-0.15, -0.1) is 0 Å². The molecule has 0 aromatic heterocycles. The van der Waals surface area contributed by atoms with Crippen molar-refractivity contribution in [3.05, 3.63) is 0 Å². The van der Waals surface area contributed by atoms with Gasteiger partial charge in [-0.1, -0.05) is 0 Å². The number of rotatable bonds is 1. The topological polar surface area (TPSA) is 66.5 Å². The van der Waals surface area contributed by atoms with Gasteiger partial charge in [0.25, 0.3) is 0 Å². The van der Waals surface area contributed by atoms with Crippen molar-refractivity contribution in [3.8, 4) is 0 Å². The summed E-state index contributed by atoms with van der Waals surface area (Å²) in [5.74, 6) is 0. The van der Waals surface area contributed by atoms with Crippen LogP contribution in [0.5, 0.6) is 0 Å². The Hall–Kier alpha value is 0.0200. The van der Waals surface area contributed by atoms with Crippen LogP contribution in [0.3, 0.4) is 0 Å². The fraction of sp³-hybridized carbons (Fsp3) is 1.00. The molecule has 14 heavy (non-hydrogen) atoms. The van der Waals surface area contributed by atoms with E-state index >= 15 is 0 Å². The summed E-state index contributed by atoms with van der Waals surface area (Å²) in [6.07, 6.45) is 4.53. The Kier molecular flexibility index (Phi) is 6.50. The van der Waals surface area contributed by atoms with E-state index in [1.807, 2.05) is 0 Å². The second-order valence-corrected chi connectivity index (χ2v) is 6.62. The molecule has 0 unspecified atom stereocenters. The molecule has 1 saturated heterocycles. The van der Waals surface area contributed by atoms with E-state index in [0.717, 1.165) is 13.1 Å². The molecule has 0 radical (unpaired) electrons. The maximum Gasteiger partial charge on any atom is 0.211 e. The van der Waals surface area contributed by atoms with Gasteiger partial charge in [0.1, 0.15) is 0 Å². The van der Waals surface area contributed by atoms with Crippen LogP contribution in [-0.2, 0) is 20.8 Å². The second kappa shape index (κ2) is 6.49. The molecule has 1 N–H and O–H groups in total. The van der Waals surface area contributed by atoms with E-state index in [-0.39, 0.29) is 0 Å². The molecule has 7 heteroatoms. The first-order valence-corrected chi connectivity index (χ1v) is 8.06. The van der Waals surface area contributed by atoms with Crippen molar-refractivity contribution in [3.63, 3.8) is 0 Å². The summed E-state index contributed by atoms with van der Waals surface area (Å²) >= 11 is 0. The number of nitrogens with one attached hydrogen (secondary N) is 1. The van der Waals surface area contributed by atoms with E-state index in [2.05, 4.69) is 5.32 Å². The van der Waals surface area contributed by atoms with E-state index in [9.17, 15) is 12.6 Å². The Morgan fingerprint density at radius 2 is 1.57 bits per heavy atom. The Morgan fingerprint density at radius 1 is 1.21 bits per heavy atom. The average Bonchev–Trinajstić information content (AvgIpc) is 2.03. The first-order valence-electron chi connectivity index (χ1n) is 4.25. The van der Waals surface area contributed by atoms with Gasteiger partial charge >= 0.3 is 0 Å². The fourth-order valence-corrected chi connectivity index (χ4v) is 1.82. The standard InChI is InChI=1S/C5H12N2O2S.C2H6OS/c1-10(8,9)7-4-2-6-3-5-7;1-4(2)3/h6H,2-5H2,1H3;1-2H3. The highest BCUT2D eigenvalue weighted by molar-refractivity contribution is 7.88. The first kappa shape index (κ1) is 14.0. The van der Waals surface area contributed by atoms with Crippen LogP contribution in [0.2, 0.25) is 0 Å². The summed E-state index contributed by atoms with van der Waals surface area (Å²) in [5, 5.41) is 3.08. The Bertz CT molecular complexity index is 267. The van der Waals surface area contributed by atoms with Gasteiger partial charge in [0, 0.05) is 49.5 Å². The molecule has 1 aliphatic rings. The lowest BCUT2D eigenvalue weighted by Crippen LogP contribution is -2.45. The zero-order valence-electron chi connectivity index (χ0n) is 8.82. The van der Waals surface area contributed by atoms with E-state index in [4.69, 9.17) is 0 Å². The molecule has 1 rings (SSSR count). The van der Waals surface area contributed by atoms with Crippen LogP contribution in [0.25, 0.3) is 0 Å². The molecule has 0 aliphatic carbocycles. The largest absolute Gasteiger partial charge is 0.314 e. The SMILES string of the molecule is CS(=O)(=O)N1CCNCC1.CS(C)=O. The third kappa shape index (κ3) is 7.43. The van der Waals surface area contributed by atoms with Crippen LogP contribution >= 0.6 is 0 Å². The molecular formula is C7H18N2O3S2. The van der Waals surface area contributed by atoms with E-state index < -0.39 is 20.8 Å². The summed E-state index contributed by atoms with van der Waals surface area (Å²) in [4.78, 5) is 0. The predicted molar refractivity (Wildman–Crippen MR) is 59.3 cm³/mol. The maximum atomic E-state index is 10.9. The molecule has 5 nitrogen and oxygen atoms in total. The van der Waals surface area contributed by atoms with Gasteiger partial charge in [0.15, 0.2) is 0 Å². The van der Waals surface area contributed by atoms with Gasteiger partial charge in [-0.05, 0) is 0 Å².